The molecule has 3 atom stereocenters. The molecule has 0 heterocycles. The Balaban J connectivity index is 2.26. The van der Waals surface area contributed by atoms with Crippen molar-refractivity contribution >= 4 is 11.7 Å². The number of aromatic carboxylic acids is 1. The fraction of sp³-hybridized carbons (Fsp3) is 0.588. The minimum absolute atomic E-state index is 0.0358. The number of nitrogen functional groups attached to an aromatic ring is 1. The van der Waals surface area contributed by atoms with Crippen molar-refractivity contribution in [2.75, 3.05) is 5.73 Å². The van der Waals surface area contributed by atoms with Crippen LogP contribution >= 0.6 is 0 Å². The molecule has 0 aliphatic heterocycles. The Bertz CT molecular complexity index is 513. The number of carbonyl (C=O) groups excluding carboxylic acids is 1. The van der Waals surface area contributed by atoms with Gasteiger partial charge in [-0.1, -0.05) is 27.2 Å². The van der Waals surface area contributed by atoms with Gasteiger partial charge in [-0.2, -0.15) is 0 Å². The fourth-order valence-corrected chi connectivity index (χ4v) is 3.22. The van der Waals surface area contributed by atoms with Crippen molar-refractivity contribution in [1.82, 2.24) is 0 Å². The van der Waals surface area contributed by atoms with E-state index < -0.39 is 5.97 Å². The third-order valence-corrected chi connectivity index (χ3v) is 4.47. The van der Waals surface area contributed by atoms with E-state index in [9.17, 15) is 9.90 Å². The predicted molar refractivity (Wildman–Crippen MR) is 80.9 cm³/mol. The maximum atomic E-state index is 11.2. The SMILES string of the molecule is CC1CCC(C(C)C)C(Oc2cc(N)ccc2C(=O)[O-])C1. The Morgan fingerprint density at radius 2 is 2.10 bits per heavy atom. The quantitative estimate of drug-likeness (QED) is 0.864. The van der Waals surface area contributed by atoms with E-state index in [0.717, 1.165) is 12.8 Å². The van der Waals surface area contributed by atoms with Gasteiger partial charge in [-0.05, 0) is 42.7 Å². The van der Waals surface area contributed by atoms with E-state index in [1.807, 2.05) is 0 Å². The van der Waals surface area contributed by atoms with Crippen molar-refractivity contribution in [3.05, 3.63) is 23.8 Å². The highest BCUT2D eigenvalue weighted by Gasteiger charge is 2.32. The van der Waals surface area contributed by atoms with Gasteiger partial charge >= 0.3 is 0 Å². The average Bonchev–Trinajstić information content (AvgIpc) is 2.38. The first-order chi connectivity index (χ1) is 9.88. The highest BCUT2D eigenvalue weighted by molar-refractivity contribution is 5.89. The average molecular weight is 290 g/mol. The Morgan fingerprint density at radius 3 is 2.71 bits per heavy atom. The van der Waals surface area contributed by atoms with Crippen LogP contribution in [-0.4, -0.2) is 12.1 Å². The molecule has 0 aromatic heterocycles. The number of carboxylic acid groups (broad SMARTS) is 1. The second kappa shape index (κ2) is 6.37. The number of benzene rings is 1. The largest absolute Gasteiger partial charge is 0.545 e. The number of hydrogen-bond donors (Lipinski definition) is 1. The molecule has 0 spiro atoms. The summed E-state index contributed by atoms with van der Waals surface area (Å²) in [5, 5.41) is 11.2. The Morgan fingerprint density at radius 1 is 1.38 bits per heavy atom. The van der Waals surface area contributed by atoms with Crippen LogP contribution in [0.4, 0.5) is 5.69 Å². The molecule has 1 aromatic rings. The topological polar surface area (TPSA) is 75.4 Å². The number of ether oxygens (including phenoxy) is 1. The van der Waals surface area contributed by atoms with E-state index in [1.54, 1.807) is 12.1 Å². The monoisotopic (exact) mass is 290 g/mol. The van der Waals surface area contributed by atoms with Crippen LogP contribution in [0.15, 0.2) is 18.2 Å². The maximum absolute atomic E-state index is 11.2. The zero-order valence-electron chi connectivity index (χ0n) is 13.0. The van der Waals surface area contributed by atoms with E-state index in [4.69, 9.17) is 10.5 Å². The summed E-state index contributed by atoms with van der Waals surface area (Å²) in [5.41, 5.74) is 6.34. The third-order valence-electron chi connectivity index (χ3n) is 4.47. The predicted octanol–water partition coefficient (Wildman–Crippen LogP) is 2.47. The van der Waals surface area contributed by atoms with E-state index in [-0.39, 0.29) is 11.7 Å². The maximum Gasteiger partial charge on any atom is 0.130 e. The summed E-state index contributed by atoms with van der Waals surface area (Å²) < 4.78 is 6.07. The summed E-state index contributed by atoms with van der Waals surface area (Å²) in [6.07, 6.45) is 3.30. The summed E-state index contributed by atoms with van der Waals surface area (Å²) in [6.45, 7) is 6.60. The molecule has 0 saturated heterocycles. The molecule has 4 heteroatoms. The number of hydrogen-bond acceptors (Lipinski definition) is 4. The minimum Gasteiger partial charge on any atom is -0.545 e. The second-order valence-electron chi connectivity index (χ2n) is 6.53. The fourth-order valence-electron chi connectivity index (χ4n) is 3.22. The zero-order chi connectivity index (χ0) is 15.6. The van der Waals surface area contributed by atoms with Crippen molar-refractivity contribution < 1.29 is 14.6 Å². The molecular weight excluding hydrogens is 266 g/mol. The highest BCUT2D eigenvalue weighted by atomic mass is 16.5. The van der Waals surface area contributed by atoms with Gasteiger partial charge in [0.2, 0.25) is 0 Å². The second-order valence-corrected chi connectivity index (χ2v) is 6.53. The summed E-state index contributed by atoms with van der Waals surface area (Å²) >= 11 is 0. The highest BCUT2D eigenvalue weighted by Crippen LogP contribution is 2.37. The smallest absolute Gasteiger partial charge is 0.130 e. The van der Waals surface area contributed by atoms with Crippen molar-refractivity contribution in [3.8, 4) is 5.75 Å². The number of carboxylic acids is 1. The number of rotatable bonds is 4. The summed E-state index contributed by atoms with van der Waals surface area (Å²) in [5.74, 6) is 0.652. The molecule has 1 fully saturated rings. The van der Waals surface area contributed by atoms with Crippen molar-refractivity contribution in [3.63, 3.8) is 0 Å². The van der Waals surface area contributed by atoms with Crippen LogP contribution < -0.4 is 15.6 Å². The lowest BCUT2D eigenvalue weighted by atomic mass is 9.75. The molecule has 0 radical (unpaired) electrons. The number of anilines is 1. The van der Waals surface area contributed by atoms with Crippen LogP contribution in [0.5, 0.6) is 5.75 Å². The van der Waals surface area contributed by atoms with Gasteiger partial charge in [0, 0.05) is 17.3 Å². The van der Waals surface area contributed by atoms with E-state index in [1.165, 1.54) is 12.5 Å². The van der Waals surface area contributed by atoms with Crippen LogP contribution in [0.3, 0.4) is 0 Å². The first-order valence-corrected chi connectivity index (χ1v) is 7.66. The summed E-state index contributed by atoms with van der Waals surface area (Å²) in [4.78, 5) is 11.2. The third kappa shape index (κ3) is 3.69. The van der Waals surface area contributed by atoms with E-state index in [2.05, 4.69) is 20.8 Å². The molecule has 116 valence electrons. The number of carbonyl (C=O) groups is 1. The standard InChI is InChI=1S/C17H25NO3/c1-10(2)13-6-4-11(3)8-15(13)21-16-9-12(18)5-7-14(16)17(19)20/h5,7,9-11,13,15H,4,6,8,18H2,1-3H3,(H,19,20)/p-1. The Labute approximate surface area is 126 Å². The Kier molecular flexibility index (Phi) is 4.76. The van der Waals surface area contributed by atoms with Crippen molar-refractivity contribution in [2.45, 2.75) is 46.1 Å². The molecule has 1 saturated carbocycles. The lowest BCUT2D eigenvalue weighted by molar-refractivity contribution is -0.255. The van der Waals surface area contributed by atoms with Crippen LogP contribution in [0.25, 0.3) is 0 Å². The van der Waals surface area contributed by atoms with Gasteiger partial charge in [0.05, 0.1) is 5.97 Å². The molecule has 2 N–H and O–H groups in total. The molecule has 4 nitrogen and oxygen atoms in total. The molecular formula is C17H24NO3-. The van der Waals surface area contributed by atoms with Gasteiger partial charge in [0.15, 0.2) is 0 Å². The number of nitrogens with two attached hydrogens (primary N) is 1. The Hall–Kier alpha value is -1.71. The van der Waals surface area contributed by atoms with Crippen LogP contribution in [0.1, 0.15) is 50.4 Å². The normalized spacial score (nSPS) is 25.8. The molecule has 3 unspecified atom stereocenters. The molecule has 0 bridgehead atoms. The molecule has 1 aromatic carbocycles. The van der Waals surface area contributed by atoms with Gasteiger partial charge in [-0.3, -0.25) is 0 Å². The van der Waals surface area contributed by atoms with Gasteiger partial charge in [-0.15, -0.1) is 0 Å². The minimum atomic E-state index is -1.23. The van der Waals surface area contributed by atoms with Crippen LogP contribution in [-0.2, 0) is 0 Å². The van der Waals surface area contributed by atoms with Crippen LogP contribution in [0, 0.1) is 17.8 Å². The van der Waals surface area contributed by atoms with E-state index in [0.29, 0.717) is 29.2 Å². The lowest BCUT2D eigenvalue weighted by Crippen LogP contribution is -2.37. The molecule has 0 amide bonds. The van der Waals surface area contributed by atoms with Gasteiger partial charge in [-0.25, -0.2) is 0 Å². The molecule has 1 aliphatic carbocycles. The summed E-state index contributed by atoms with van der Waals surface area (Å²) in [7, 11) is 0. The zero-order valence-corrected chi connectivity index (χ0v) is 13.0. The van der Waals surface area contributed by atoms with Gasteiger partial charge in [0.1, 0.15) is 11.9 Å². The first-order valence-electron chi connectivity index (χ1n) is 7.66. The first kappa shape index (κ1) is 15.7. The van der Waals surface area contributed by atoms with Crippen LogP contribution in [0.2, 0.25) is 0 Å². The van der Waals surface area contributed by atoms with Crippen molar-refractivity contribution in [2.24, 2.45) is 17.8 Å². The van der Waals surface area contributed by atoms with Gasteiger partial charge < -0.3 is 20.4 Å². The molecule has 21 heavy (non-hydrogen) atoms. The lowest BCUT2D eigenvalue weighted by Gasteiger charge is -2.37. The van der Waals surface area contributed by atoms with Crippen molar-refractivity contribution in [1.29, 1.82) is 0 Å². The molecule has 2 rings (SSSR count). The summed E-state index contributed by atoms with van der Waals surface area (Å²) in [6, 6.07) is 4.60. The van der Waals surface area contributed by atoms with E-state index >= 15 is 0 Å². The van der Waals surface area contributed by atoms with Gasteiger partial charge in [0.25, 0.3) is 0 Å². The molecule has 1 aliphatic rings.